The van der Waals surface area contributed by atoms with Crippen molar-refractivity contribution in [2.24, 2.45) is 0 Å². The van der Waals surface area contributed by atoms with Crippen LogP contribution in [0.5, 0.6) is 0 Å². The summed E-state index contributed by atoms with van der Waals surface area (Å²) in [6, 6.07) is 4.80. The van der Waals surface area contributed by atoms with Crippen molar-refractivity contribution >= 4 is 29.4 Å². The molecule has 1 aliphatic heterocycles. The van der Waals surface area contributed by atoms with Crippen molar-refractivity contribution in [3.05, 3.63) is 58.9 Å². The first-order valence-electron chi connectivity index (χ1n) is 7.96. The van der Waals surface area contributed by atoms with Gasteiger partial charge in [-0.15, -0.1) is 11.8 Å². The summed E-state index contributed by atoms with van der Waals surface area (Å²) in [6.45, 7) is 0. The molecule has 0 bridgehead atoms. The van der Waals surface area contributed by atoms with Crippen LogP contribution in [-0.2, 0) is 4.74 Å². The average Bonchev–Trinajstić information content (AvgIpc) is 2.65. The topological polar surface area (TPSA) is 67.4 Å². The zero-order chi connectivity index (χ0) is 19.6. The molecule has 2 aromatic carbocycles. The molecule has 3 rings (SSSR count). The molecule has 9 heteroatoms. The van der Waals surface area contributed by atoms with E-state index in [0.29, 0.717) is 17.1 Å². The normalized spacial score (nSPS) is 15.6. The number of rotatable bonds is 3. The molecule has 1 heterocycles. The van der Waals surface area contributed by atoms with E-state index in [1.165, 1.54) is 31.0 Å². The number of hydrogen-bond donors (Lipinski definition) is 2. The van der Waals surface area contributed by atoms with Crippen molar-refractivity contribution in [3.8, 4) is 0 Å². The smallest absolute Gasteiger partial charge is 0.407 e. The van der Waals surface area contributed by atoms with Gasteiger partial charge in [-0.25, -0.2) is 18.0 Å². The Hall–Kier alpha value is -2.68. The van der Waals surface area contributed by atoms with Gasteiger partial charge >= 0.3 is 6.09 Å². The van der Waals surface area contributed by atoms with E-state index in [-0.39, 0.29) is 16.8 Å². The summed E-state index contributed by atoms with van der Waals surface area (Å²) in [4.78, 5) is 24.5. The van der Waals surface area contributed by atoms with Crippen LogP contribution in [0.4, 0.5) is 23.7 Å². The molecule has 0 aromatic heterocycles. The Labute approximate surface area is 157 Å². The van der Waals surface area contributed by atoms with E-state index < -0.39 is 35.5 Å². The Morgan fingerprint density at radius 3 is 2.56 bits per heavy atom. The minimum Gasteiger partial charge on any atom is -0.453 e. The summed E-state index contributed by atoms with van der Waals surface area (Å²) in [7, 11) is 1.20. The number of nitrogens with one attached hydrogen (secondary N) is 2. The minimum atomic E-state index is -1.09. The van der Waals surface area contributed by atoms with Crippen molar-refractivity contribution in [2.75, 3.05) is 18.2 Å². The molecule has 142 valence electrons. The quantitative estimate of drug-likeness (QED) is 0.814. The van der Waals surface area contributed by atoms with E-state index in [2.05, 4.69) is 15.4 Å². The Balaban J connectivity index is 1.92. The van der Waals surface area contributed by atoms with Gasteiger partial charge in [0.05, 0.1) is 18.7 Å². The average molecular weight is 396 g/mol. The highest BCUT2D eigenvalue weighted by Crippen LogP contribution is 2.40. The van der Waals surface area contributed by atoms with Gasteiger partial charge in [-0.3, -0.25) is 4.79 Å². The van der Waals surface area contributed by atoms with Crippen LogP contribution in [0.1, 0.15) is 28.4 Å². The molecular weight excluding hydrogens is 381 g/mol. The Morgan fingerprint density at radius 1 is 1.11 bits per heavy atom. The second-order valence-electron chi connectivity index (χ2n) is 5.75. The van der Waals surface area contributed by atoms with E-state index in [1.807, 2.05) is 0 Å². The molecule has 27 heavy (non-hydrogen) atoms. The van der Waals surface area contributed by atoms with Crippen molar-refractivity contribution in [2.45, 2.75) is 17.4 Å². The predicted molar refractivity (Wildman–Crippen MR) is 94.3 cm³/mol. The highest BCUT2D eigenvalue weighted by molar-refractivity contribution is 7.99. The molecule has 1 aliphatic rings. The second-order valence-corrected chi connectivity index (χ2v) is 6.85. The number of benzene rings is 2. The molecule has 0 radical (unpaired) electrons. The van der Waals surface area contributed by atoms with Crippen LogP contribution in [0, 0.1) is 17.5 Å². The first-order chi connectivity index (χ1) is 12.9. The van der Waals surface area contributed by atoms with E-state index in [0.717, 1.165) is 18.2 Å². The summed E-state index contributed by atoms with van der Waals surface area (Å²) in [5.74, 6) is -2.71. The minimum absolute atomic E-state index is 0.0713. The molecular formula is C18H15F3N2O3S. The van der Waals surface area contributed by atoms with Gasteiger partial charge in [0.2, 0.25) is 0 Å². The molecule has 0 spiro atoms. The molecule has 2 aromatic rings. The molecule has 0 saturated carbocycles. The number of amides is 2. The van der Waals surface area contributed by atoms with Gasteiger partial charge in [0.25, 0.3) is 5.91 Å². The van der Waals surface area contributed by atoms with Crippen LogP contribution in [-0.4, -0.2) is 24.9 Å². The fourth-order valence-corrected chi connectivity index (χ4v) is 4.04. The van der Waals surface area contributed by atoms with Crippen molar-refractivity contribution in [1.82, 2.24) is 5.32 Å². The van der Waals surface area contributed by atoms with E-state index >= 15 is 0 Å². The number of methoxy groups -OCH3 is 1. The molecule has 5 nitrogen and oxygen atoms in total. The lowest BCUT2D eigenvalue weighted by Gasteiger charge is -2.27. The van der Waals surface area contributed by atoms with Crippen LogP contribution in [0.3, 0.4) is 0 Å². The Morgan fingerprint density at radius 2 is 1.85 bits per heavy atom. The first kappa shape index (κ1) is 19.1. The van der Waals surface area contributed by atoms with Crippen LogP contribution in [0.15, 0.2) is 35.2 Å². The van der Waals surface area contributed by atoms with Gasteiger partial charge in [0.15, 0.2) is 11.6 Å². The van der Waals surface area contributed by atoms with Gasteiger partial charge in [-0.1, -0.05) is 0 Å². The number of carbonyl (C=O) groups excluding carboxylic acids is 2. The van der Waals surface area contributed by atoms with E-state index in [4.69, 9.17) is 0 Å². The summed E-state index contributed by atoms with van der Waals surface area (Å²) < 4.78 is 45.3. The van der Waals surface area contributed by atoms with Gasteiger partial charge in [-0.05, 0) is 30.7 Å². The molecule has 0 aliphatic carbocycles. The Bertz CT molecular complexity index is 908. The molecule has 2 N–H and O–H groups in total. The van der Waals surface area contributed by atoms with Crippen molar-refractivity contribution in [3.63, 3.8) is 0 Å². The number of hydrogen-bond acceptors (Lipinski definition) is 4. The highest BCUT2D eigenvalue weighted by atomic mass is 32.2. The Kier molecular flexibility index (Phi) is 5.59. The van der Waals surface area contributed by atoms with E-state index in [9.17, 15) is 22.8 Å². The van der Waals surface area contributed by atoms with Crippen LogP contribution in [0.25, 0.3) is 0 Å². The zero-order valence-electron chi connectivity index (χ0n) is 14.1. The monoisotopic (exact) mass is 396 g/mol. The van der Waals surface area contributed by atoms with Crippen LogP contribution in [0.2, 0.25) is 0 Å². The van der Waals surface area contributed by atoms with Gasteiger partial charge in [0.1, 0.15) is 5.82 Å². The van der Waals surface area contributed by atoms with Crippen molar-refractivity contribution < 1.29 is 27.5 Å². The standard InChI is InChI=1S/C18H15F3N2O3S/c1-26-18(25)23-14-6-7-27-16-10(3-5-12(20)15(14)16)17(24)22-9-2-4-11(19)13(21)8-9/h2-5,8,14H,6-7H2,1H3,(H,22,24)(H,23,25). The highest BCUT2D eigenvalue weighted by Gasteiger charge is 2.29. The number of thioether (sulfide) groups is 1. The number of alkyl carbamates (subject to hydrolysis) is 1. The zero-order valence-corrected chi connectivity index (χ0v) is 15.0. The summed E-state index contributed by atoms with van der Waals surface area (Å²) in [6.07, 6.45) is -0.230. The molecule has 0 saturated heterocycles. The number of halogens is 3. The van der Waals surface area contributed by atoms with Crippen molar-refractivity contribution in [1.29, 1.82) is 0 Å². The summed E-state index contributed by atoms with van der Waals surface area (Å²) in [5, 5.41) is 5.03. The lowest BCUT2D eigenvalue weighted by molar-refractivity contribution is 0.102. The maximum Gasteiger partial charge on any atom is 0.407 e. The number of ether oxygens (including phenoxy) is 1. The lowest BCUT2D eigenvalue weighted by Crippen LogP contribution is -2.32. The number of anilines is 1. The largest absolute Gasteiger partial charge is 0.453 e. The third-order valence-electron chi connectivity index (χ3n) is 4.04. The van der Waals surface area contributed by atoms with Gasteiger partial charge in [-0.2, -0.15) is 0 Å². The van der Waals surface area contributed by atoms with Gasteiger partial charge in [0, 0.05) is 28.0 Å². The first-order valence-corrected chi connectivity index (χ1v) is 8.95. The number of carbonyl (C=O) groups is 2. The maximum absolute atomic E-state index is 14.4. The molecule has 2 amide bonds. The number of fused-ring (bicyclic) bond motifs is 1. The fraction of sp³-hybridized carbons (Fsp3) is 0.222. The van der Waals surface area contributed by atoms with E-state index in [1.54, 1.807) is 0 Å². The molecule has 1 atom stereocenters. The van der Waals surface area contributed by atoms with Gasteiger partial charge < -0.3 is 15.4 Å². The predicted octanol–water partition coefficient (Wildman–Crippen LogP) is 4.25. The molecule has 0 fully saturated rings. The molecule has 1 unspecified atom stereocenters. The lowest BCUT2D eigenvalue weighted by atomic mass is 9.99. The summed E-state index contributed by atoms with van der Waals surface area (Å²) in [5.41, 5.74) is 0.453. The van der Waals surface area contributed by atoms with Crippen LogP contribution >= 0.6 is 11.8 Å². The fourth-order valence-electron chi connectivity index (χ4n) is 2.78. The maximum atomic E-state index is 14.4. The van der Waals surface area contributed by atoms with Crippen LogP contribution < -0.4 is 10.6 Å². The third kappa shape index (κ3) is 4.02. The summed E-state index contributed by atoms with van der Waals surface area (Å²) >= 11 is 1.29. The second kappa shape index (κ2) is 7.91. The third-order valence-corrected chi connectivity index (χ3v) is 5.21. The SMILES string of the molecule is COC(=O)NC1CCSc2c(C(=O)Nc3ccc(F)c(F)c3)ccc(F)c21.